The number of aromatic amines is 1. The third-order valence-corrected chi connectivity index (χ3v) is 7.47. The zero-order valence-corrected chi connectivity index (χ0v) is 23.2. The molecule has 0 saturated carbocycles. The molecule has 0 unspecified atom stereocenters. The Balaban J connectivity index is 1.36. The largest absolute Gasteiger partial charge is 0.480 e. The normalized spacial score (nSPS) is 16.6. The summed E-state index contributed by atoms with van der Waals surface area (Å²) in [5, 5.41) is 0.804. The van der Waals surface area contributed by atoms with Crippen LogP contribution in [0.5, 0.6) is 5.88 Å². The lowest BCUT2D eigenvalue weighted by atomic mass is 10.1. The predicted octanol–water partition coefficient (Wildman–Crippen LogP) is 5.45. The van der Waals surface area contributed by atoms with Crippen molar-refractivity contribution >= 4 is 27.8 Å². The first-order valence-electron chi connectivity index (χ1n) is 13.5. The number of carbonyl (C=O) groups is 1. The van der Waals surface area contributed by atoms with Crippen molar-refractivity contribution in [2.24, 2.45) is 0 Å². The van der Waals surface area contributed by atoms with Gasteiger partial charge in [0.05, 0.1) is 47.7 Å². The number of alkyl halides is 6. The van der Waals surface area contributed by atoms with Crippen molar-refractivity contribution in [2.45, 2.75) is 24.9 Å². The average molecular weight is 618 g/mol. The van der Waals surface area contributed by atoms with Gasteiger partial charge >= 0.3 is 12.4 Å². The smallest absolute Gasteiger partial charge is 0.449 e. The SMILES string of the molecule is COc1nc2ccccc2cc1-c1cnc([C@@H]2CN(CC(F)(F)F)CCN2C(=O)Cn2c(C(F)(F)F)nc3ccccc32)[nH]1. The number of carbonyl (C=O) groups excluding carboxylic acids is 1. The van der Waals surface area contributed by atoms with Gasteiger partial charge in [0, 0.05) is 25.0 Å². The topological polar surface area (TPSA) is 92.2 Å². The Hall–Kier alpha value is -4.66. The molecule has 44 heavy (non-hydrogen) atoms. The quantitative estimate of drug-likeness (QED) is 0.255. The number of fused-ring (bicyclic) bond motifs is 2. The number of para-hydroxylation sites is 3. The molecule has 230 valence electrons. The maximum Gasteiger partial charge on any atom is 0.449 e. The molecule has 0 aliphatic carbocycles. The minimum absolute atomic E-state index is 0.0628. The van der Waals surface area contributed by atoms with Crippen LogP contribution in [0.3, 0.4) is 0 Å². The molecule has 2 aromatic carbocycles. The fourth-order valence-electron chi connectivity index (χ4n) is 5.54. The number of nitrogens with one attached hydrogen (secondary N) is 1. The van der Waals surface area contributed by atoms with Crippen LogP contribution in [0.25, 0.3) is 33.2 Å². The van der Waals surface area contributed by atoms with E-state index in [0.717, 1.165) is 14.9 Å². The van der Waals surface area contributed by atoms with Crippen LogP contribution in [0.15, 0.2) is 60.8 Å². The van der Waals surface area contributed by atoms with E-state index in [9.17, 15) is 31.1 Å². The number of rotatable bonds is 6. The van der Waals surface area contributed by atoms with E-state index in [1.807, 2.05) is 30.3 Å². The molecular formula is C29H25F6N7O2. The van der Waals surface area contributed by atoms with Crippen molar-refractivity contribution in [2.75, 3.05) is 33.3 Å². The second kappa shape index (κ2) is 11.1. The number of nitrogens with zero attached hydrogens (tertiary/aromatic N) is 6. The Morgan fingerprint density at radius 1 is 1.00 bits per heavy atom. The molecule has 0 bridgehead atoms. The third-order valence-electron chi connectivity index (χ3n) is 7.47. The number of amides is 1. The van der Waals surface area contributed by atoms with E-state index in [0.29, 0.717) is 16.8 Å². The zero-order valence-electron chi connectivity index (χ0n) is 23.2. The van der Waals surface area contributed by atoms with Gasteiger partial charge in [-0.25, -0.2) is 15.0 Å². The van der Waals surface area contributed by atoms with Crippen molar-refractivity contribution in [3.63, 3.8) is 0 Å². The summed E-state index contributed by atoms with van der Waals surface area (Å²) in [4.78, 5) is 31.8. The summed E-state index contributed by atoms with van der Waals surface area (Å²) in [5.74, 6) is -1.52. The first kappa shape index (κ1) is 29.4. The van der Waals surface area contributed by atoms with Crippen LogP contribution < -0.4 is 4.74 Å². The molecule has 0 spiro atoms. The lowest BCUT2D eigenvalue weighted by Gasteiger charge is -2.40. The Morgan fingerprint density at radius 3 is 2.45 bits per heavy atom. The summed E-state index contributed by atoms with van der Waals surface area (Å²) in [7, 11) is 1.45. The Labute approximate surface area is 246 Å². The summed E-state index contributed by atoms with van der Waals surface area (Å²) in [5.41, 5.74) is 1.83. The van der Waals surface area contributed by atoms with Gasteiger partial charge in [-0.15, -0.1) is 0 Å². The summed E-state index contributed by atoms with van der Waals surface area (Å²) in [6.45, 7) is -2.48. The number of H-pyrrole nitrogens is 1. The molecule has 6 rings (SSSR count). The molecular weight excluding hydrogens is 592 g/mol. The number of ether oxygens (including phenoxy) is 1. The first-order valence-corrected chi connectivity index (χ1v) is 13.5. The number of piperazine rings is 1. The Kier molecular flexibility index (Phi) is 7.43. The third kappa shape index (κ3) is 5.78. The molecule has 1 N–H and O–H groups in total. The fraction of sp³-hybridized carbons (Fsp3) is 0.310. The van der Waals surface area contributed by atoms with Crippen LogP contribution >= 0.6 is 0 Å². The van der Waals surface area contributed by atoms with E-state index < -0.39 is 43.2 Å². The number of methoxy groups -OCH3 is 1. The lowest BCUT2D eigenvalue weighted by Crippen LogP contribution is -2.53. The highest BCUT2D eigenvalue weighted by molar-refractivity contribution is 5.85. The number of pyridine rings is 1. The number of halogens is 6. The van der Waals surface area contributed by atoms with E-state index in [2.05, 4.69) is 19.9 Å². The number of imidazole rings is 2. The maximum atomic E-state index is 13.9. The highest BCUT2D eigenvalue weighted by Crippen LogP contribution is 2.35. The molecule has 5 aromatic rings. The lowest BCUT2D eigenvalue weighted by molar-refractivity contribution is -0.156. The van der Waals surface area contributed by atoms with Crippen molar-refractivity contribution in [1.29, 1.82) is 0 Å². The molecule has 15 heteroatoms. The standard InChI is InChI=1S/C29H25F6N7O2/c1-44-26-18(12-17-6-2-3-7-19(17)38-26)21-13-36-25(37-21)23-14-40(16-28(30,31)32)10-11-41(23)24(43)15-42-22-9-5-4-8-20(22)39-27(42)29(33,34)35/h2-9,12-13,23H,10-11,14-16H2,1H3,(H,36,37)/t23-/m0/s1. The van der Waals surface area contributed by atoms with Gasteiger partial charge < -0.3 is 19.2 Å². The highest BCUT2D eigenvalue weighted by Gasteiger charge is 2.41. The molecule has 1 amide bonds. The molecule has 4 heterocycles. The Morgan fingerprint density at radius 2 is 1.73 bits per heavy atom. The van der Waals surface area contributed by atoms with Gasteiger partial charge in [-0.1, -0.05) is 30.3 Å². The van der Waals surface area contributed by atoms with E-state index in [-0.39, 0.29) is 42.4 Å². The molecule has 3 aromatic heterocycles. The van der Waals surface area contributed by atoms with Gasteiger partial charge in [-0.05, 0) is 24.3 Å². The van der Waals surface area contributed by atoms with Crippen molar-refractivity contribution in [1.82, 2.24) is 34.3 Å². The van der Waals surface area contributed by atoms with E-state index in [1.54, 1.807) is 0 Å². The van der Waals surface area contributed by atoms with Crippen LogP contribution in [0.4, 0.5) is 26.3 Å². The summed E-state index contributed by atoms with van der Waals surface area (Å²) in [6, 6.07) is 14.0. The van der Waals surface area contributed by atoms with Gasteiger partial charge in [0.2, 0.25) is 17.6 Å². The first-order chi connectivity index (χ1) is 20.9. The number of hydrogen-bond acceptors (Lipinski definition) is 6. The minimum atomic E-state index is -4.84. The summed E-state index contributed by atoms with van der Waals surface area (Å²) >= 11 is 0. The fourth-order valence-corrected chi connectivity index (χ4v) is 5.54. The van der Waals surface area contributed by atoms with Gasteiger partial charge in [0.15, 0.2) is 0 Å². The highest BCUT2D eigenvalue weighted by atomic mass is 19.4. The monoisotopic (exact) mass is 617 g/mol. The number of aromatic nitrogens is 5. The molecule has 1 saturated heterocycles. The van der Waals surface area contributed by atoms with Crippen LogP contribution in [0.1, 0.15) is 17.7 Å². The number of hydrogen-bond donors (Lipinski definition) is 1. The van der Waals surface area contributed by atoms with E-state index in [1.165, 1.54) is 42.5 Å². The molecule has 0 radical (unpaired) electrons. The molecule has 1 aliphatic heterocycles. The van der Waals surface area contributed by atoms with Crippen LogP contribution in [-0.2, 0) is 17.5 Å². The van der Waals surface area contributed by atoms with Crippen LogP contribution in [0, 0.1) is 0 Å². The second-order valence-corrected chi connectivity index (χ2v) is 10.4. The zero-order chi connectivity index (χ0) is 31.2. The van der Waals surface area contributed by atoms with Crippen molar-refractivity contribution < 1.29 is 35.9 Å². The van der Waals surface area contributed by atoms with E-state index >= 15 is 0 Å². The van der Waals surface area contributed by atoms with Gasteiger partial charge in [0.1, 0.15) is 18.4 Å². The maximum absolute atomic E-state index is 13.9. The van der Waals surface area contributed by atoms with Crippen molar-refractivity contribution in [3.8, 4) is 17.1 Å². The summed E-state index contributed by atoms with van der Waals surface area (Å²) < 4.78 is 88.0. The van der Waals surface area contributed by atoms with Crippen LogP contribution in [-0.4, -0.2) is 79.7 Å². The minimum Gasteiger partial charge on any atom is -0.480 e. The Bertz CT molecular complexity index is 1830. The average Bonchev–Trinajstić information content (AvgIpc) is 3.61. The second-order valence-electron chi connectivity index (χ2n) is 10.4. The van der Waals surface area contributed by atoms with Gasteiger partial charge in [-0.3, -0.25) is 9.69 Å². The van der Waals surface area contributed by atoms with Crippen molar-refractivity contribution in [3.05, 3.63) is 72.4 Å². The van der Waals surface area contributed by atoms with E-state index in [4.69, 9.17) is 4.74 Å². The van der Waals surface area contributed by atoms with Gasteiger partial charge in [-0.2, -0.15) is 26.3 Å². The number of benzene rings is 2. The molecule has 1 atom stereocenters. The molecule has 1 fully saturated rings. The van der Waals surface area contributed by atoms with Gasteiger partial charge in [0.25, 0.3) is 0 Å². The predicted molar refractivity (Wildman–Crippen MR) is 148 cm³/mol. The summed E-state index contributed by atoms with van der Waals surface area (Å²) in [6.07, 6.45) is -7.88. The molecule has 1 aliphatic rings. The van der Waals surface area contributed by atoms with Crippen LogP contribution in [0.2, 0.25) is 0 Å². The molecule has 9 nitrogen and oxygen atoms in total.